The van der Waals surface area contributed by atoms with Crippen LogP contribution in [0.5, 0.6) is 0 Å². The van der Waals surface area contributed by atoms with Crippen LogP contribution in [0.1, 0.15) is 85.9 Å². The molecule has 6 heteroatoms. The predicted molar refractivity (Wildman–Crippen MR) is 112 cm³/mol. The van der Waals surface area contributed by atoms with Crippen LogP contribution in [0.15, 0.2) is 17.2 Å². The van der Waals surface area contributed by atoms with Gasteiger partial charge in [0, 0.05) is 37.6 Å². The van der Waals surface area contributed by atoms with Gasteiger partial charge in [-0.1, -0.05) is 19.3 Å². The van der Waals surface area contributed by atoms with Crippen LogP contribution in [0.3, 0.4) is 0 Å². The van der Waals surface area contributed by atoms with Gasteiger partial charge >= 0.3 is 0 Å². The van der Waals surface area contributed by atoms with Crippen molar-refractivity contribution in [3.05, 3.63) is 33.7 Å². The first-order chi connectivity index (χ1) is 13.9. The van der Waals surface area contributed by atoms with Gasteiger partial charge in [-0.2, -0.15) is 0 Å². The average molecular weight is 400 g/mol. The zero-order valence-electron chi connectivity index (χ0n) is 17.7. The Hall–Kier alpha value is -2.11. The molecule has 3 aliphatic rings. The SMILES string of the molecule is CC(C)NC(=O)c1cn(CC2CCCCC2)cc(C(=O)N2C[C@@H]3CC[C@H]2C3)c1=O. The van der Waals surface area contributed by atoms with E-state index >= 15 is 0 Å². The second-order valence-electron chi connectivity index (χ2n) is 9.53. The number of carbonyl (C=O) groups is 2. The minimum Gasteiger partial charge on any atom is -0.352 e. The zero-order valence-corrected chi connectivity index (χ0v) is 17.7. The number of piperidine rings is 1. The third kappa shape index (κ3) is 4.26. The molecule has 0 radical (unpaired) electrons. The number of amides is 2. The molecule has 1 saturated heterocycles. The number of pyridine rings is 1. The lowest BCUT2D eigenvalue weighted by atomic mass is 9.89. The van der Waals surface area contributed by atoms with Crippen LogP contribution < -0.4 is 10.7 Å². The number of carbonyl (C=O) groups excluding carboxylic acids is 2. The molecule has 3 fully saturated rings. The third-order valence-electron chi connectivity index (χ3n) is 6.84. The Morgan fingerprint density at radius 3 is 2.41 bits per heavy atom. The minimum atomic E-state index is -0.434. The maximum absolute atomic E-state index is 13.3. The van der Waals surface area contributed by atoms with E-state index in [1.165, 1.54) is 38.5 Å². The molecule has 1 N–H and O–H groups in total. The molecule has 2 amide bonds. The van der Waals surface area contributed by atoms with Crippen molar-refractivity contribution in [2.24, 2.45) is 11.8 Å². The Labute approximate surface area is 172 Å². The summed E-state index contributed by atoms with van der Waals surface area (Å²) in [4.78, 5) is 41.0. The fourth-order valence-corrected chi connectivity index (χ4v) is 5.39. The second-order valence-corrected chi connectivity index (χ2v) is 9.53. The van der Waals surface area contributed by atoms with Gasteiger partial charge in [-0.05, 0) is 57.8 Å². The Balaban J connectivity index is 1.66. The number of hydrogen-bond donors (Lipinski definition) is 1. The lowest BCUT2D eigenvalue weighted by molar-refractivity contribution is 0.0701. The molecule has 1 aromatic heterocycles. The summed E-state index contributed by atoms with van der Waals surface area (Å²) in [6, 6.07) is 0.189. The number of aromatic nitrogens is 1. The summed E-state index contributed by atoms with van der Waals surface area (Å²) in [6.45, 7) is 5.24. The summed E-state index contributed by atoms with van der Waals surface area (Å²) in [5, 5.41) is 2.82. The minimum absolute atomic E-state index is 0.0673. The van der Waals surface area contributed by atoms with E-state index in [0.29, 0.717) is 11.8 Å². The number of nitrogens with one attached hydrogen (secondary N) is 1. The highest BCUT2D eigenvalue weighted by molar-refractivity contribution is 5.99. The summed E-state index contributed by atoms with van der Waals surface area (Å²) in [5.74, 6) is 0.526. The monoisotopic (exact) mass is 399 g/mol. The van der Waals surface area contributed by atoms with Crippen molar-refractivity contribution < 1.29 is 9.59 Å². The predicted octanol–water partition coefficient (Wildman–Crippen LogP) is 3.19. The molecular formula is C23H33N3O3. The number of fused-ring (bicyclic) bond motifs is 2. The molecule has 158 valence electrons. The summed E-state index contributed by atoms with van der Waals surface area (Å²) in [7, 11) is 0. The molecule has 4 rings (SSSR count). The number of nitrogens with zero attached hydrogens (tertiary/aromatic N) is 2. The van der Waals surface area contributed by atoms with Crippen LogP contribution in [0, 0.1) is 11.8 Å². The van der Waals surface area contributed by atoms with E-state index < -0.39 is 5.43 Å². The van der Waals surface area contributed by atoms with Crippen molar-refractivity contribution in [2.45, 2.75) is 83.8 Å². The maximum Gasteiger partial charge on any atom is 0.259 e. The highest BCUT2D eigenvalue weighted by Gasteiger charge is 2.41. The highest BCUT2D eigenvalue weighted by atomic mass is 16.2. The third-order valence-corrected chi connectivity index (χ3v) is 6.84. The first-order valence-electron chi connectivity index (χ1n) is 11.3. The van der Waals surface area contributed by atoms with Crippen LogP contribution in [0.25, 0.3) is 0 Å². The number of hydrogen-bond acceptors (Lipinski definition) is 3. The van der Waals surface area contributed by atoms with Gasteiger partial charge < -0.3 is 14.8 Å². The summed E-state index contributed by atoms with van der Waals surface area (Å²) in [5.41, 5.74) is -0.190. The van der Waals surface area contributed by atoms with E-state index in [0.717, 1.165) is 25.9 Å². The van der Waals surface area contributed by atoms with Crippen LogP contribution in [0.4, 0.5) is 0 Å². The molecule has 1 aromatic rings. The van der Waals surface area contributed by atoms with Crippen molar-refractivity contribution in [1.29, 1.82) is 0 Å². The molecule has 0 aromatic carbocycles. The molecule has 29 heavy (non-hydrogen) atoms. The van der Waals surface area contributed by atoms with Gasteiger partial charge in [-0.3, -0.25) is 14.4 Å². The zero-order chi connectivity index (χ0) is 20.5. The van der Waals surface area contributed by atoms with Gasteiger partial charge in [0.1, 0.15) is 11.1 Å². The van der Waals surface area contributed by atoms with Crippen molar-refractivity contribution in [1.82, 2.24) is 14.8 Å². The maximum atomic E-state index is 13.3. The van der Waals surface area contributed by atoms with E-state index in [-0.39, 0.29) is 35.0 Å². The van der Waals surface area contributed by atoms with Crippen LogP contribution in [0.2, 0.25) is 0 Å². The molecular weight excluding hydrogens is 366 g/mol. The largest absolute Gasteiger partial charge is 0.352 e. The van der Waals surface area contributed by atoms with E-state index in [9.17, 15) is 14.4 Å². The van der Waals surface area contributed by atoms with Gasteiger partial charge in [0.2, 0.25) is 5.43 Å². The Kier molecular flexibility index (Phi) is 5.79. The Morgan fingerprint density at radius 1 is 1.07 bits per heavy atom. The van der Waals surface area contributed by atoms with Crippen LogP contribution in [-0.4, -0.2) is 39.9 Å². The highest BCUT2D eigenvalue weighted by Crippen LogP contribution is 2.37. The van der Waals surface area contributed by atoms with Crippen LogP contribution in [-0.2, 0) is 6.54 Å². The molecule has 0 unspecified atom stereocenters. The van der Waals surface area contributed by atoms with Crippen molar-refractivity contribution >= 4 is 11.8 Å². The van der Waals surface area contributed by atoms with Gasteiger partial charge in [-0.15, -0.1) is 0 Å². The van der Waals surface area contributed by atoms with E-state index in [1.807, 2.05) is 23.3 Å². The average Bonchev–Trinajstić information content (AvgIpc) is 3.32. The molecule has 2 aliphatic carbocycles. The van der Waals surface area contributed by atoms with Crippen molar-refractivity contribution in [3.63, 3.8) is 0 Å². The Bertz CT molecular complexity index is 838. The molecule has 2 bridgehead atoms. The molecule has 6 nitrogen and oxygen atoms in total. The second kappa shape index (κ2) is 8.33. The molecule has 1 aliphatic heterocycles. The van der Waals surface area contributed by atoms with Crippen molar-refractivity contribution in [2.75, 3.05) is 6.54 Å². The standard InChI is InChI=1S/C23H33N3O3/c1-15(2)24-22(28)19-13-25(11-16-6-4-3-5-7-16)14-20(21(19)27)23(29)26-12-17-8-9-18(26)10-17/h13-18H,3-12H2,1-2H3,(H,24,28)/t17-,18+/m1/s1. The lowest BCUT2D eigenvalue weighted by Crippen LogP contribution is -2.42. The van der Waals surface area contributed by atoms with E-state index in [1.54, 1.807) is 12.4 Å². The van der Waals surface area contributed by atoms with Crippen molar-refractivity contribution in [3.8, 4) is 0 Å². The fourth-order valence-electron chi connectivity index (χ4n) is 5.39. The summed E-state index contributed by atoms with van der Waals surface area (Å²) < 4.78 is 1.92. The van der Waals surface area contributed by atoms with Gasteiger partial charge in [0.15, 0.2) is 0 Å². The topological polar surface area (TPSA) is 71.4 Å². The number of rotatable bonds is 5. The normalized spacial score (nSPS) is 24.3. The Morgan fingerprint density at radius 2 is 1.79 bits per heavy atom. The molecule has 0 spiro atoms. The first-order valence-corrected chi connectivity index (χ1v) is 11.3. The van der Waals surface area contributed by atoms with E-state index in [4.69, 9.17) is 0 Å². The van der Waals surface area contributed by atoms with E-state index in [2.05, 4.69) is 5.32 Å². The lowest BCUT2D eigenvalue weighted by Gasteiger charge is -2.28. The summed E-state index contributed by atoms with van der Waals surface area (Å²) in [6.07, 6.45) is 12.7. The quantitative estimate of drug-likeness (QED) is 0.827. The van der Waals surface area contributed by atoms with Gasteiger partial charge in [0.05, 0.1) is 0 Å². The first kappa shape index (κ1) is 20.2. The molecule has 2 saturated carbocycles. The number of likely N-dealkylation sites (tertiary alicyclic amines) is 1. The van der Waals surface area contributed by atoms with Crippen LogP contribution >= 0.6 is 0 Å². The van der Waals surface area contributed by atoms with Gasteiger partial charge in [-0.25, -0.2) is 0 Å². The fraction of sp³-hybridized carbons (Fsp3) is 0.696. The van der Waals surface area contributed by atoms with Gasteiger partial charge in [0.25, 0.3) is 11.8 Å². The summed E-state index contributed by atoms with van der Waals surface area (Å²) >= 11 is 0. The molecule has 2 atom stereocenters. The molecule has 2 heterocycles. The smallest absolute Gasteiger partial charge is 0.259 e.